The molecule has 3 rings (SSSR count). The highest BCUT2D eigenvalue weighted by molar-refractivity contribution is 6.31. The van der Waals surface area contributed by atoms with E-state index in [1.54, 1.807) is 30.6 Å². The first-order chi connectivity index (χ1) is 8.66. The van der Waals surface area contributed by atoms with Crippen LogP contribution in [0.3, 0.4) is 0 Å². The van der Waals surface area contributed by atoms with Crippen molar-refractivity contribution < 1.29 is 4.79 Å². The van der Waals surface area contributed by atoms with Crippen molar-refractivity contribution in [2.45, 2.75) is 0 Å². The van der Waals surface area contributed by atoms with Gasteiger partial charge in [0.1, 0.15) is 0 Å². The molecule has 0 saturated carbocycles. The molecule has 2 aliphatic rings. The summed E-state index contributed by atoms with van der Waals surface area (Å²) in [6, 6.07) is 4.95. The summed E-state index contributed by atoms with van der Waals surface area (Å²) in [5.74, 6) is -0.496. The smallest absolute Gasteiger partial charge is 0.249 e. The Hall–Kier alpha value is -2.27. The Morgan fingerprint density at radius 1 is 1.22 bits per heavy atom. The second-order valence-corrected chi connectivity index (χ2v) is 4.35. The third-order valence-electron chi connectivity index (χ3n) is 2.81. The van der Waals surface area contributed by atoms with Crippen LogP contribution in [0.1, 0.15) is 10.4 Å². The van der Waals surface area contributed by atoms with Crippen LogP contribution in [-0.2, 0) is 0 Å². The normalized spacial score (nSPS) is 10.9. The first kappa shape index (κ1) is 10.9. The number of aromatic amines is 2. The van der Waals surface area contributed by atoms with E-state index in [0.717, 1.165) is 17.0 Å². The Kier molecular flexibility index (Phi) is 2.34. The second kappa shape index (κ2) is 3.89. The highest BCUT2D eigenvalue weighted by Gasteiger charge is 2.18. The number of carbonyl (C=O) groups excluding carboxylic acids is 1. The fraction of sp³-hybridized carbons (Fsp3) is 0. The van der Waals surface area contributed by atoms with Gasteiger partial charge in [-0.3, -0.25) is 20.0 Å². The Morgan fingerprint density at radius 3 is 2.83 bits per heavy atom. The number of hydrogen-bond acceptors (Lipinski definition) is 2. The lowest BCUT2D eigenvalue weighted by atomic mass is 10.0. The highest BCUT2D eigenvalue weighted by atomic mass is 35.5. The fourth-order valence-electron chi connectivity index (χ4n) is 1.97. The van der Waals surface area contributed by atoms with Gasteiger partial charge in [0.15, 0.2) is 0 Å². The van der Waals surface area contributed by atoms with Crippen molar-refractivity contribution >= 4 is 17.5 Å². The molecule has 1 aromatic carbocycles. The number of nitrogens with one attached hydrogen (secondary N) is 2. The van der Waals surface area contributed by atoms with Crippen molar-refractivity contribution in [3.63, 3.8) is 0 Å². The average molecular weight is 261 g/mol. The maximum atomic E-state index is 11.4. The van der Waals surface area contributed by atoms with E-state index in [0.29, 0.717) is 16.1 Å². The lowest BCUT2D eigenvalue weighted by Crippen LogP contribution is -2.12. The first-order valence-electron chi connectivity index (χ1n) is 5.26. The fourth-order valence-corrected chi connectivity index (χ4v) is 2.14. The highest BCUT2D eigenvalue weighted by Crippen LogP contribution is 2.34. The maximum Gasteiger partial charge on any atom is 0.249 e. The van der Waals surface area contributed by atoms with E-state index in [2.05, 4.69) is 15.2 Å². The molecule has 0 atom stereocenters. The average Bonchev–Trinajstić information content (AvgIpc) is 2.89. The van der Waals surface area contributed by atoms with Crippen LogP contribution in [-0.4, -0.2) is 21.1 Å². The Morgan fingerprint density at radius 2 is 2.06 bits per heavy atom. The largest absolute Gasteiger partial charge is 0.366 e. The predicted molar refractivity (Wildman–Crippen MR) is 68.5 cm³/mol. The number of amides is 1. The summed E-state index contributed by atoms with van der Waals surface area (Å²) in [5.41, 5.74) is 8.94. The topological polar surface area (TPSA) is 87.6 Å². The molecular formula is C12H9ClN4O. The number of benzene rings is 1. The molecule has 1 amide bonds. The van der Waals surface area contributed by atoms with E-state index < -0.39 is 5.91 Å². The summed E-state index contributed by atoms with van der Waals surface area (Å²) in [7, 11) is 0. The number of halogens is 1. The van der Waals surface area contributed by atoms with Gasteiger partial charge in [-0.05, 0) is 18.2 Å². The third kappa shape index (κ3) is 1.56. The van der Waals surface area contributed by atoms with Gasteiger partial charge in [-0.1, -0.05) is 11.6 Å². The molecule has 1 aromatic rings. The van der Waals surface area contributed by atoms with Crippen LogP contribution in [0.25, 0.3) is 22.5 Å². The van der Waals surface area contributed by atoms with Gasteiger partial charge >= 0.3 is 0 Å². The quantitative estimate of drug-likeness (QED) is 0.660. The molecule has 5 nitrogen and oxygen atoms in total. The summed E-state index contributed by atoms with van der Waals surface area (Å²) in [5, 5.41) is 6.51. The summed E-state index contributed by atoms with van der Waals surface area (Å²) < 4.78 is 0. The number of aromatic nitrogens is 3. The summed E-state index contributed by atoms with van der Waals surface area (Å²) in [6.45, 7) is 0. The summed E-state index contributed by atoms with van der Waals surface area (Å²) in [4.78, 5) is 15.5. The number of hydrogen-bond donors (Lipinski definition) is 3. The van der Waals surface area contributed by atoms with Crippen LogP contribution >= 0.6 is 11.6 Å². The van der Waals surface area contributed by atoms with E-state index in [9.17, 15) is 4.79 Å². The van der Waals surface area contributed by atoms with Crippen molar-refractivity contribution in [2.24, 2.45) is 5.73 Å². The molecule has 0 aromatic heterocycles. The van der Waals surface area contributed by atoms with Crippen LogP contribution in [0.5, 0.6) is 0 Å². The van der Waals surface area contributed by atoms with Crippen LogP contribution in [0, 0.1) is 0 Å². The van der Waals surface area contributed by atoms with E-state index in [1.807, 2.05) is 0 Å². The van der Waals surface area contributed by atoms with Gasteiger partial charge in [0, 0.05) is 27.9 Å². The predicted octanol–water partition coefficient (Wildman–Crippen LogP) is 2.26. The Balaban J connectivity index is 2.26. The van der Waals surface area contributed by atoms with Crippen LogP contribution in [0.2, 0.25) is 5.02 Å². The molecule has 0 saturated heterocycles. The molecule has 2 aliphatic heterocycles. The molecule has 18 heavy (non-hydrogen) atoms. The molecule has 4 N–H and O–H groups in total. The van der Waals surface area contributed by atoms with Crippen molar-refractivity contribution in [3.8, 4) is 22.5 Å². The molecule has 0 unspecified atom stereocenters. The van der Waals surface area contributed by atoms with Crippen molar-refractivity contribution in [3.05, 3.63) is 41.2 Å². The number of nitrogens with two attached hydrogens (primary N) is 1. The van der Waals surface area contributed by atoms with Crippen molar-refractivity contribution in [2.75, 3.05) is 0 Å². The zero-order valence-corrected chi connectivity index (χ0v) is 9.95. The van der Waals surface area contributed by atoms with Gasteiger partial charge in [0.2, 0.25) is 5.91 Å². The van der Waals surface area contributed by atoms with Gasteiger partial charge in [-0.25, -0.2) is 0 Å². The summed E-state index contributed by atoms with van der Waals surface area (Å²) in [6.07, 6.45) is 3.41. The number of carbonyl (C=O) groups is 1. The Bertz CT molecular complexity index is 700. The zero-order valence-electron chi connectivity index (χ0n) is 9.20. The number of rotatable bonds is 2. The molecule has 0 spiro atoms. The van der Waals surface area contributed by atoms with Crippen LogP contribution in [0.15, 0.2) is 30.6 Å². The number of fused-ring (bicyclic) bond motifs is 1. The molecule has 0 fully saturated rings. The van der Waals surface area contributed by atoms with E-state index in [-0.39, 0.29) is 0 Å². The first-order valence-corrected chi connectivity index (χ1v) is 5.64. The summed E-state index contributed by atoms with van der Waals surface area (Å²) >= 11 is 5.97. The third-order valence-corrected chi connectivity index (χ3v) is 3.04. The van der Waals surface area contributed by atoms with Crippen molar-refractivity contribution in [1.82, 2.24) is 15.2 Å². The van der Waals surface area contributed by atoms with Crippen LogP contribution in [0.4, 0.5) is 0 Å². The molecular weight excluding hydrogens is 252 g/mol. The second-order valence-electron chi connectivity index (χ2n) is 3.91. The molecule has 0 bridgehead atoms. The maximum absolute atomic E-state index is 11.4. The minimum atomic E-state index is -0.496. The zero-order chi connectivity index (χ0) is 12.7. The standard InChI is InChI=1S/C12H9ClN4O/c13-6-1-2-7(12(14)18)8(3-6)11-9-4-15-5-10(9)16-17-11/h1-5,16-17H,(H2,14,18). The lowest BCUT2D eigenvalue weighted by molar-refractivity contribution is 0.100. The van der Waals surface area contributed by atoms with Gasteiger partial charge in [0.25, 0.3) is 0 Å². The van der Waals surface area contributed by atoms with E-state index >= 15 is 0 Å². The monoisotopic (exact) mass is 260 g/mol. The van der Waals surface area contributed by atoms with Crippen molar-refractivity contribution in [1.29, 1.82) is 0 Å². The Labute approximate surface area is 107 Å². The van der Waals surface area contributed by atoms with Gasteiger partial charge in [0.05, 0.1) is 17.6 Å². The molecule has 6 heteroatoms. The van der Waals surface area contributed by atoms with Gasteiger partial charge < -0.3 is 5.73 Å². The molecule has 2 heterocycles. The molecule has 90 valence electrons. The lowest BCUT2D eigenvalue weighted by Gasteiger charge is -2.06. The number of primary amides is 1. The van der Waals surface area contributed by atoms with Crippen LogP contribution < -0.4 is 5.73 Å². The van der Waals surface area contributed by atoms with Gasteiger partial charge in [-0.2, -0.15) is 0 Å². The minimum Gasteiger partial charge on any atom is -0.366 e. The SMILES string of the molecule is NC(=O)c1ccc(Cl)cc1-c1[nH][nH]c2cncc1-2. The molecule has 0 aliphatic carbocycles. The molecule has 0 radical (unpaired) electrons. The van der Waals surface area contributed by atoms with E-state index in [1.165, 1.54) is 0 Å². The van der Waals surface area contributed by atoms with E-state index in [4.69, 9.17) is 17.3 Å². The van der Waals surface area contributed by atoms with Gasteiger partial charge in [-0.15, -0.1) is 0 Å². The number of H-pyrrole nitrogens is 2. The number of nitrogens with zero attached hydrogens (tertiary/aromatic N) is 1. The minimum absolute atomic E-state index is 0.415.